The van der Waals surface area contributed by atoms with Gasteiger partial charge in [-0.2, -0.15) is 9.97 Å². The monoisotopic (exact) mass is 425 g/mol. The fourth-order valence-corrected chi connectivity index (χ4v) is 3.14. The van der Waals surface area contributed by atoms with Crippen LogP contribution < -0.4 is 5.32 Å². The van der Waals surface area contributed by atoms with Crippen LogP contribution in [-0.2, 0) is 0 Å². The second-order valence-electron chi connectivity index (χ2n) is 5.83. The van der Waals surface area contributed by atoms with E-state index in [1.165, 1.54) is 0 Å². The van der Waals surface area contributed by atoms with E-state index >= 15 is 0 Å². The first kappa shape index (κ1) is 18.6. The minimum atomic E-state index is 0.362. The molecule has 0 aliphatic carbocycles. The number of benzene rings is 2. The van der Waals surface area contributed by atoms with Crippen LogP contribution in [0.25, 0.3) is 17.1 Å². The standard InChI is InChI=1S/C20H13Cl2N5S/c21-14-1-5-16(6-2-14)24-19-25-18(13-9-11-23-12-10-13)26-20(28)27(19)17-7-3-15(22)4-8-17/h1-12H,(H,24,25,26,28). The number of nitrogens with zero attached hydrogens (tertiary/aromatic N) is 4. The van der Waals surface area contributed by atoms with Gasteiger partial charge >= 0.3 is 0 Å². The molecule has 0 aliphatic rings. The first-order chi connectivity index (χ1) is 13.6. The Hall–Kier alpha value is -2.80. The van der Waals surface area contributed by atoms with Gasteiger partial charge in [0.2, 0.25) is 10.7 Å². The number of rotatable bonds is 4. The molecule has 0 radical (unpaired) electrons. The van der Waals surface area contributed by atoms with Crippen LogP contribution in [0.5, 0.6) is 0 Å². The highest BCUT2D eigenvalue weighted by Crippen LogP contribution is 2.24. The molecule has 0 fully saturated rings. The zero-order chi connectivity index (χ0) is 19.5. The van der Waals surface area contributed by atoms with Crippen LogP contribution in [0.4, 0.5) is 11.6 Å². The molecule has 2 aromatic carbocycles. The van der Waals surface area contributed by atoms with Crippen molar-refractivity contribution in [1.29, 1.82) is 0 Å². The van der Waals surface area contributed by atoms with Gasteiger partial charge < -0.3 is 5.32 Å². The van der Waals surface area contributed by atoms with E-state index in [0.717, 1.165) is 16.9 Å². The van der Waals surface area contributed by atoms with Gasteiger partial charge in [-0.3, -0.25) is 9.55 Å². The summed E-state index contributed by atoms with van der Waals surface area (Å²) in [5.74, 6) is 1.03. The van der Waals surface area contributed by atoms with Gasteiger partial charge in [0, 0.05) is 33.7 Å². The molecule has 4 aromatic rings. The summed E-state index contributed by atoms with van der Waals surface area (Å²) in [5.41, 5.74) is 2.44. The lowest BCUT2D eigenvalue weighted by Gasteiger charge is -2.15. The molecule has 8 heteroatoms. The van der Waals surface area contributed by atoms with Crippen molar-refractivity contribution < 1.29 is 0 Å². The predicted octanol–water partition coefficient (Wildman–Crippen LogP) is 6.11. The normalized spacial score (nSPS) is 10.6. The summed E-state index contributed by atoms with van der Waals surface area (Å²) in [4.78, 5) is 13.2. The summed E-state index contributed by atoms with van der Waals surface area (Å²) in [6.07, 6.45) is 3.38. The molecule has 2 aromatic heterocycles. The molecule has 0 atom stereocenters. The van der Waals surface area contributed by atoms with Crippen molar-refractivity contribution in [2.24, 2.45) is 0 Å². The Morgan fingerprint density at radius 2 is 1.39 bits per heavy atom. The maximum Gasteiger partial charge on any atom is 0.216 e. The molecule has 5 nitrogen and oxygen atoms in total. The highest BCUT2D eigenvalue weighted by atomic mass is 35.5. The van der Waals surface area contributed by atoms with Crippen LogP contribution in [0, 0.1) is 4.77 Å². The van der Waals surface area contributed by atoms with Crippen LogP contribution in [0.2, 0.25) is 10.0 Å². The molecular formula is C20H13Cl2N5S. The van der Waals surface area contributed by atoms with Gasteiger partial charge in [-0.15, -0.1) is 0 Å². The fourth-order valence-electron chi connectivity index (χ4n) is 2.61. The summed E-state index contributed by atoms with van der Waals surface area (Å²) in [7, 11) is 0. The van der Waals surface area contributed by atoms with E-state index in [1.807, 2.05) is 36.4 Å². The minimum Gasteiger partial charge on any atom is -0.325 e. The average molecular weight is 426 g/mol. The summed E-state index contributed by atoms with van der Waals surface area (Å²) >= 11 is 17.6. The van der Waals surface area contributed by atoms with E-state index in [2.05, 4.69) is 15.3 Å². The third kappa shape index (κ3) is 4.04. The molecule has 0 saturated carbocycles. The zero-order valence-electron chi connectivity index (χ0n) is 14.4. The molecule has 4 rings (SSSR count). The van der Waals surface area contributed by atoms with Crippen molar-refractivity contribution in [2.75, 3.05) is 5.32 Å². The Kier molecular flexibility index (Phi) is 5.34. The third-order valence-corrected chi connectivity index (χ3v) is 4.72. The molecule has 0 saturated heterocycles. The lowest BCUT2D eigenvalue weighted by Crippen LogP contribution is -2.10. The predicted molar refractivity (Wildman–Crippen MR) is 115 cm³/mol. The van der Waals surface area contributed by atoms with Crippen molar-refractivity contribution in [3.8, 4) is 17.1 Å². The van der Waals surface area contributed by atoms with Crippen LogP contribution in [0.15, 0.2) is 73.1 Å². The Labute approximate surface area is 176 Å². The largest absolute Gasteiger partial charge is 0.325 e. The van der Waals surface area contributed by atoms with Gasteiger partial charge in [-0.1, -0.05) is 23.2 Å². The molecule has 0 spiro atoms. The molecule has 28 heavy (non-hydrogen) atoms. The average Bonchev–Trinajstić information content (AvgIpc) is 2.71. The number of hydrogen-bond acceptors (Lipinski definition) is 5. The van der Waals surface area contributed by atoms with Crippen LogP contribution in [-0.4, -0.2) is 19.5 Å². The molecule has 138 valence electrons. The van der Waals surface area contributed by atoms with Crippen molar-refractivity contribution in [2.45, 2.75) is 0 Å². The molecular weight excluding hydrogens is 413 g/mol. The molecule has 0 aliphatic heterocycles. The Morgan fingerprint density at radius 1 is 0.786 bits per heavy atom. The molecule has 1 N–H and O–H groups in total. The first-order valence-corrected chi connectivity index (χ1v) is 9.46. The Morgan fingerprint density at radius 3 is 2.04 bits per heavy atom. The molecule has 0 unspecified atom stereocenters. The molecule has 0 bridgehead atoms. The Bertz CT molecular complexity index is 1160. The lowest BCUT2D eigenvalue weighted by atomic mass is 10.2. The van der Waals surface area contributed by atoms with Crippen LogP contribution in [0.3, 0.4) is 0 Å². The van der Waals surface area contributed by atoms with Crippen molar-refractivity contribution >= 4 is 47.1 Å². The topological polar surface area (TPSA) is 55.6 Å². The van der Waals surface area contributed by atoms with Crippen molar-refractivity contribution in [1.82, 2.24) is 19.5 Å². The number of halogens is 2. The summed E-state index contributed by atoms with van der Waals surface area (Å²) < 4.78 is 2.12. The number of aromatic nitrogens is 4. The van der Waals surface area contributed by atoms with Crippen molar-refractivity contribution in [3.63, 3.8) is 0 Å². The van der Waals surface area contributed by atoms with Gasteiger partial charge in [-0.05, 0) is 72.9 Å². The van der Waals surface area contributed by atoms with Crippen LogP contribution >= 0.6 is 35.4 Å². The van der Waals surface area contributed by atoms with E-state index in [0.29, 0.717) is 26.6 Å². The maximum atomic E-state index is 6.03. The minimum absolute atomic E-state index is 0.362. The third-order valence-electron chi connectivity index (χ3n) is 3.94. The summed E-state index contributed by atoms with van der Waals surface area (Å²) in [6.45, 7) is 0. The summed E-state index contributed by atoms with van der Waals surface area (Å²) in [5, 5.41) is 4.59. The van der Waals surface area contributed by atoms with E-state index in [4.69, 9.17) is 40.4 Å². The van der Waals surface area contributed by atoms with Crippen LogP contribution in [0.1, 0.15) is 0 Å². The summed E-state index contributed by atoms with van der Waals surface area (Å²) in [6, 6.07) is 18.3. The fraction of sp³-hybridized carbons (Fsp3) is 0. The second-order valence-corrected chi connectivity index (χ2v) is 7.07. The van der Waals surface area contributed by atoms with Gasteiger partial charge in [0.25, 0.3) is 0 Å². The lowest BCUT2D eigenvalue weighted by molar-refractivity contribution is 0.911. The number of pyridine rings is 1. The van der Waals surface area contributed by atoms with E-state index in [9.17, 15) is 0 Å². The van der Waals surface area contributed by atoms with Gasteiger partial charge in [-0.25, -0.2) is 0 Å². The highest BCUT2D eigenvalue weighted by Gasteiger charge is 2.12. The highest BCUT2D eigenvalue weighted by molar-refractivity contribution is 7.71. The molecule has 0 amide bonds. The quantitative estimate of drug-likeness (QED) is 0.399. The SMILES string of the molecule is S=c1nc(-c2ccncc2)nc(Nc2ccc(Cl)cc2)n1-c1ccc(Cl)cc1. The smallest absolute Gasteiger partial charge is 0.216 e. The first-order valence-electron chi connectivity index (χ1n) is 8.30. The van der Waals surface area contributed by atoms with Gasteiger partial charge in [0.1, 0.15) is 0 Å². The van der Waals surface area contributed by atoms with E-state index < -0.39 is 0 Å². The molecule has 2 heterocycles. The van der Waals surface area contributed by atoms with E-state index in [1.54, 1.807) is 41.2 Å². The number of anilines is 2. The van der Waals surface area contributed by atoms with Crippen molar-refractivity contribution in [3.05, 3.63) is 87.9 Å². The number of hydrogen-bond donors (Lipinski definition) is 1. The second kappa shape index (κ2) is 8.06. The zero-order valence-corrected chi connectivity index (χ0v) is 16.7. The maximum absolute atomic E-state index is 6.03. The number of nitrogens with one attached hydrogen (secondary N) is 1. The van der Waals surface area contributed by atoms with Gasteiger partial charge in [0.15, 0.2) is 5.82 Å². The van der Waals surface area contributed by atoms with Gasteiger partial charge in [0.05, 0.1) is 5.69 Å². The Balaban J connectivity index is 1.87. The van der Waals surface area contributed by atoms with E-state index in [-0.39, 0.29) is 0 Å².